The molecule has 0 N–H and O–H groups in total. The van der Waals surface area contributed by atoms with E-state index in [1.165, 1.54) is 32.1 Å². The van der Waals surface area contributed by atoms with Crippen molar-refractivity contribution in [3.63, 3.8) is 0 Å². The molecule has 1 aliphatic rings. The first-order valence-corrected chi connectivity index (χ1v) is 8.05. The van der Waals surface area contributed by atoms with Crippen LogP contribution in [0.15, 0.2) is 30.3 Å². The summed E-state index contributed by atoms with van der Waals surface area (Å²) in [7, 11) is 0. The molecule has 1 aromatic carbocycles. The SMILES string of the molecule is CCCC1CCCN(C(C)C(=O)c2ccccc2)CC1. The fourth-order valence-corrected chi connectivity index (χ4v) is 3.28. The van der Waals surface area contributed by atoms with Crippen LogP contribution in [0.1, 0.15) is 56.3 Å². The zero-order chi connectivity index (χ0) is 14.4. The van der Waals surface area contributed by atoms with E-state index in [0.717, 1.165) is 24.6 Å². The van der Waals surface area contributed by atoms with Crippen LogP contribution in [0.3, 0.4) is 0 Å². The van der Waals surface area contributed by atoms with Crippen LogP contribution in [0.2, 0.25) is 0 Å². The lowest BCUT2D eigenvalue weighted by Gasteiger charge is -2.26. The molecule has 1 aromatic rings. The smallest absolute Gasteiger partial charge is 0.179 e. The van der Waals surface area contributed by atoms with E-state index < -0.39 is 0 Å². The quantitative estimate of drug-likeness (QED) is 0.751. The Morgan fingerprint density at radius 1 is 1.25 bits per heavy atom. The van der Waals surface area contributed by atoms with E-state index in [1.54, 1.807) is 0 Å². The molecule has 20 heavy (non-hydrogen) atoms. The second kappa shape index (κ2) is 7.58. The minimum absolute atomic E-state index is 0.0118. The highest BCUT2D eigenvalue weighted by Crippen LogP contribution is 2.23. The summed E-state index contributed by atoms with van der Waals surface area (Å²) in [6.07, 6.45) is 6.44. The predicted molar refractivity (Wildman–Crippen MR) is 84.1 cm³/mol. The number of carbonyl (C=O) groups excluding carboxylic acids is 1. The highest BCUT2D eigenvalue weighted by molar-refractivity contribution is 5.99. The number of nitrogens with zero attached hydrogens (tertiary/aromatic N) is 1. The van der Waals surface area contributed by atoms with Gasteiger partial charge in [-0.1, -0.05) is 50.1 Å². The van der Waals surface area contributed by atoms with Crippen molar-refractivity contribution < 1.29 is 4.79 Å². The number of benzene rings is 1. The van der Waals surface area contributed by atoms with Crippen molar-refractivity contribution in [3.05, 3.63) is 35.9 Å². The summed E-state index contributed by atoms with van der Waals surface area (Å²) < 4.78 is 0. The van der Waals surface area contributed by atoms with Crippen molar-refractivity contribution in [2.75, 3.05) is 13.1 Å². The van der Waals surface area contributed by atoms with Crippen LogP contribution in [-0.4, -0.2) is 29.8 Å². The van der Waals surface area contributed by atoms with Gasteiger partial charge in [0.1, 0.15) is 0 Å². The molecule has 110 valence electrons. The average molecular weight is 273 g/mol. The zero-order valence-electron chi connectivity index (χ0n) is 12.8. The molecule has 2 heteroatoms. The zero-order valence-corrected chi connectivity index (χ0v) is 12.8. The van der Waals surface area contributed by atoms with Gasteiger partial charge in [-0.25, -0.2) is 0 Å². The molecule has 1 fully saturated rings. The van der Waals surface area contributed by atoms with Crippen LogP contribution in [0.5, 0.6) is 0 Å². The molecule has 0 bridgehead atoms. The highest BCUT2D eigenvalue weighted by atomic mass is 16.1. The lowest BCUT2D eigenvalue weighted by Crippen LogP contribution is -2.39. The van der Waals surface area contributed by atoms with Gasteiger partial charge in [-0.15, -0.1) is 0 Å². The Kier molecular flexibility index (Phi) is 5.78. The van der Waals surface area contributed by atoms with Gasteiger partial charge < -0.3 is 0 Å². The largest absolute Gasteiger partial charge is 0.293 e. The number of carbonyl (C=O) groups is 1. The minimum atomic E-state index is 0.0118. The number of hydrogen-bond donors (Lipinski definition) is 0. The van der Waals surface area contributed by atoms with Gasteiger partial charge in [0, 0.05) is 5.56 Å². The Morgan fingerprint density at radius 2 is 2.00 bits per heavy atom. The van der Waals surface area contributed by atoms with Gasteiger partial charge in [0.25, 0.3) is 0 Å². The van der Waals surface area contributed by atoms with Crippen LogP contribution in [-0.2, 0) is 0 Å². The topological polar surface area (TPSA) is 20.3 Å². The summed E-state index contributed by atoms with van der Waals surface area (Å²) in [4.78, 5) is 14.9. The highest BCUT2D eigenvalue weighted by Gasteiger charge is 2.25. The Morgan fingerprint density at radius 3 is 2.70 bits per heavy atom. The second-order valence-electron chi connectivity index (χ2n) is 6.03. The van der Waals surface area contributed by atoms with Crippen molar-refractivity contribution in [1.82, 2.24) is 4.90 Å². The van der Waals surface area contributed by atoms with Gasteiger partial charge in [-0.2, -0.15) is 0 Å². The van der Waals surface area contributed by atoms with Gasteiger partial charge >= 0.3 is 0 Å². The van der Waals surface area contributed by atoms with E-state index in [9.17, 15) is 4.79 Å². The molecule has 0 aromatic heterocycles. The van der Waals surface area contributed by atoms with Crippen LogP contribution in [0.4, 0.5) is 0 Å². The number of rotatable bonds is 5. The average Bonchev–Trinajstić information content (AvgIpc) is 2.73. The maximum atomic E-state index is 12.5. The molecule has 2 rings (SSSR count). The molecule has 1 saturated heterocycles. The van der Waals surface area contributed by atoms with Crippen molar-refractivity contribution in [2.45, 2.75) is 52.0 Å². The van der Waals surface area contributed by atoms with Crippen molar-refractivity contribution >= 4 is 5.78 Å². The molecule has 1 heterocycles. The van der Waals surface area contributed by atoms with E-state index in [0.29, 0.717) is 0 Å². The lowest BCUT2D eigenvalue weighted by atomic mass is 9.96. The van der Waals surface area contributed by atoms with Crippen LogP contribution < -0.4 is 0 Å². The third kappa shape index (κ3) is 3.92. The van der Waals surface area contributed by atoms with E-state index >= 15 is 0 Å². The Labute approximate surface area is 123 Å². The Balaban J connectivity index is 1.95. The molecule has 2 unspecified atom stereocenters. The number of hydrogen-bond acceptors (Lipinski definition) is 2. The van der Waals surface area contributed by atoms with Gasteiger partial charge in [-0.3, -0.25) is 9.69 Å². The number of Topliss-reactive ketones (excluding diaryl/α,β-unsaturated/α-hetero) is 1. The van der Waals surface area contributed by atoms with E-state index in [2.05, 4.69) is 18.7 Å². The molecule has 0 saturated carbocycles. The fraction of sp³-hybridized carbons (Fsp3) is 0.611. The molecule has 0 aliphatic carbocycles. The molecular weight excluding hydrogens is 246 g/mol. The van der Waals surface area contributed by atoms with Crippen LogP contribution >= 0.6 is 0 Å². The summed E-state index contributed by atoms with van der Waals surface area (Å²) in [6, 6.07) is 9.72. The summed E-state index contributed by atoms with van der Waals surface area (Å²) in [6.45, 7) is 6.48. The molecule has 1 aliphatic heterocycles. The Bertz CT molecular complexity index is 415. The molecule has 0 amide bonds. The van der Waals surface area contributed by atoms with Crippen molar-refractivity contribution in [2.24, 2.45) is 5.92 Å². The van der Waals surface area contributed by atoms with Crippen LogP contribution in [0.25, 0.3) is 0 Å². The molecule has 2 atom stereocenters. The van der Waals surface area contributed by atoms with Crippen LogP contribution in [0, 0.1) is 5.92 Å². The van der Waals surface area contributed by atoms with E-state index in [1.807, 2.05) is 30.3 Å². The summed E-state index contributed by atoms with van der Waals surface area (Å²) in [5.41, 5.74) is 0.842. The first kappa shape index (κ1) is 15.2. The first-order valence-electron chi connectivity index (χ1n) is 8.05. The normalized spacial score (nSPS) is 22.2. The van der Waals surface area contributed by atoms with E-state index in [-0.39, 0.29) is 11.8 Å². The standard InChI is InChI=1S/C18H27NO/c1-3-8-16-9-7-13-19(14-12-16)15(2)18(20)17-10-5-4-6-11-17/h4-6,10-11,15-16H,3,7-9,12-14H2,1-2H3. The number of ketones is 1. The second-order valence-corrected chi connectivity index (χ2v) is 6.03. The maximum absolute atomic E-state index is 12.5. The Hall–Kier alpha value is -1.15. The van der Waals surface area contributed by atoms with Gasteiger partial charge in [0.05, 0.1) is 6.04 Å². The monoisotopic (exact) mass is 273 g/mol. The molecule has 0 spiro atoms. The maximum Gasteiger partial charge on any atom is 0.179 e. The third-order valence-electron chi connectivity index (χ3n) is 4.56. The number of likely N-dealkylation sites (tertiary alicyclic amines) is 1. The van der Waals surface area contributed by atoms with Gasteiger partial charge in [-0.05, 0) is 45.2 Å². The van der Waals surface area contributed by atoms with Crippen molar-refractivity contribution in [1.29, 1.82) is 0 Å². The van der Waals surface area contributed by atoms with Gasteiger partial charge in [0.2, 0.25) is 0 Å². The van der Waals surface area contributed by atoms with E-state index in [4.69, 9.17) is 0 Å². The summed E-state index contributed by atoms with van der Waals surface area (Å²) >= 11 is 0. The minimum Gasteiger partial charge on any atom is -0.293 e. The molecule has 0 radical (unpaired) electrons. The third-order valence-corrected chi connectivity index (χ3v) is 4.56. The lowest BCUT2D eigenvalue weighted by molar-refractivity contribution is 0.0841. The molecule has 2 nitrogen and oxygen atoms in total. The fourth-order valence-electron chi connectivity index (χ4n) is 3.28. The first-order chi connectivity index (χ1) is 9.72. The van der Waals surface area contributed by atoms with Gasteiger partial charge in [0.15, 0.2) is 5.78 Å². The summed E-state index contributed by atoms with van der Waals surface area (Å²) in [5.74, 6) is 1.13. The molecular formula is C18H27NO. The summed E-state index contributed by atoms with van der Waals surface area (Å²) in [5, 5.41) is 0. The van der Waals surface area contributed by atoms with Crippen molar-refractivity contribution in [3.8, 4) is 0 Å². The predicted octanol–water partition coefficient (Wildman–Crippen LogP) is 4.16.